The Morgan fingerprint density at radius 1 is 1.05 bits per heavy atom. The van der Waals surface area contributed by atoms with Gasteiger partial charge < -0.3 is 9.47 Å². The molecule has 0 spiro atoms. The number of ether oxygens (including phenoxy) is 2. The van der Waals surface area contributed by atoms with Crippen molar-refractivity contribution in [3.63, 3.8) is 0 Å². The van der Waals surface area contributed by atoms with Crippen LogP contribution >= 0.6 is 0 Å². The second-order valence-corrected chi connectivity index (χ2v) is 4.59. The van der Waals surface area contributed by atoms with Crippen molar-refractivity contribution in [1.82, 2.24) is 0 Å². The maximum atomic E-state index is 12.2. The first-order valence-corrected chi connectivity index (χ1v) is 6.63. The van der Waals surface area contributed by atoms with Crippen LogP contribution in [0.3, 0.4) is 0 Å². The molecule has 20 heavy (non-hydrogen) atoms. The van der Waals surface area contributed by atoms with E-state index in [0.29, 0.717) is 23.7 Å². The molecule has 0 aromatic heterocycles. The highest BCUT2D eigenvalue weighted by Gasteiger charge is 2.14. The Labute approximate surface area is 119 Å². The van der Waals surface area contributed by atoms with Gasteiger partial charge in [0.15, 0.2) is 11.5 Å². The van der Waals surface area contributed by atoms with Gasteiger partial charge in [-0.3, -0.25) is 0 Å². The average Bonchev–Trinajstić information content (AvgIpc) is 2.42. The number of rotatable bonds is 4. The van der Waals surface area contributed by atoms with Gasteiger partial charge in [-0.05, 0) is 50.1 Å². The molecule has 2 aromatic carbocycles. The van der Waals surface area contributed by atoms with E-state index in [1.807, 2.05) is 51.1 Å². The highest BCUT2D eigenvalue weighted by atomic mass is 16.6. The molecular weight excluding hydrogens is 252 g/mol. The van der Waals surface area contributed by atoms with Crippen LogP contribution in [-0.4, -0.2) is 12.6 Å². The molecule has 0 heterocycles. The maximum absolute atomic E-state index is 12.2. The van der Waals surface area contributed by atoms with Gasteiger partial charge in [0.05, 0.1) is 12.2 Å². The smallest absolute Gasteiger partial charge is 0.343 e. The summed E-state index contributed by atoms with van der Waals surface area (Å²) in [4.78, 5) is 12.2. The molecule has 0 unspecified atom stereocenters. The summed E-state index contributed by atoms with van der Waals surface area (Å²) in [6.45, 7) is 6.28. The second-order valence-electron chi connectivity index (χ2n) is 4.59. The van der Waals surface area contributed by atoms with Gasteiger partial charge in [0.2, 0.25) is 0 Å². The van der Waals surface area contributed by atoms with Crippen LogP contribution in [0.15, 0.2) is 42.5 Å². The minimum absolute atomic E-state index is 0.368. The number of carbonyl (C=O) groups excluding carboxylic acids is 1. The van der Waals surface area contributed by atoms with Crippen LogP contribution in [0.2, 0.25) is 0 Å². The van der Waals surface area contributed by atoms with Crippen LogP contribution in [0.4, 0.5) is 0 Å². The van der Waals surface area contributed by atoms with E-state index in [4.69, 9.17) is 9.47 Å². The molecule has 2 aromatic rings. The molecule has 0 N–H and O–H groups in total. The lowest BCUT2D eigenvalue weighted by Gasteiger charge is -2.12. The molecular formula is C17H18O3. The van der Waals surface area contributed by atoms with Crippen molar-refractivity contribution in [3.8, 4) is 11.5 Å². The van der Waals surface area contributed by atoms with E-state index in [0.717, 1.165) is 11.1 Å². The van der Waals surface area contributed by atoms with Gasteiger partial charge in [0.25, 0.3) is 0 Å². The molecule has 3 nitrogen and oxygen atoms in total. The molecule has 2 rings (SSSR count). The molecule has 0 radical (unpaired) electrons. The first-order chi connectivity index (χ1) is 9.61. The Morgan fingerprint density at radius 2 is 1.80 bits per heavy atom. The first-order valence-electron chi connectivity index (χ1n) is 6.63. The zero-order valence-electron chi connectivity index (χ0n) is 12.0. The molecule has 0 aliphatic carbocycles. The van der Waals surface area contributed by atoms with Crippen molar-refractivity contribution in [2.45, 2.75) is 20.8 Å². The van der Waals surface area contributed by atoms with Gasteiger partial charge in [-0.25, -0.2) is 4.79 Å². The van der Waals surface area contributed by atoms with Crippen molar-refractivity contribution in [2.24, 2.45) is 0 Å². The molecule has 0 fully saturated rings. The number of esters is 1. The Bertz CT molecular complexity index is 617. The number of hydrogen-bond acceptors (Lipinski definition) is 3. The normalized spacial score (nSPS) is 10.2. The molecule has 0 bridgehead atoms. The summed E-state index contributed by atoms with van der Waals surface area (Å²) < 4.78 is 11.0. The lowest BCUT2D eigenvalue weighted by atomic mass is 10.1. The van der Waals surface area contributed by atoms with Crippen molar-refractivity contribution in [1.29, 1.82) is 0 Å². The number of benzene rings is 2. The summed E-state index contributed by atoms with van der Waals surface area (Å²) in [6.07, 6.45) is 0. The van der Waals surface area contributed by atoms with Crippen molar-refractivity contribution in [2.75, 3.05) is 6.61 Å². The summed E-state index contributed by atoms with van der Waals surface area (Å²) in [5.74, 6) is 0.674. The molecule has 0 saturated heterocycles. The van der Waals surface area contributed by atoms with E-state index in [1.54, 1.807) is 12.1 Å². The van der Waals surface area contributed by atoms with Crippen LogP contribution in [0.1, 0.15) is 28.4 Å². The molecule has 0 amide bonds. The van der Waals surface area contributed by atoms with E-state index >= 15 is 0 Å². The summed E-state index contributed by atoms with van der Waals surface area (Å²) in [5.41, 5.74) is 2.52. The van der Waals surface area contributed by atoms with Gasteiger partial charge in [-0.15, -0.1) is 0 Å². The van der Waals surface area contributed by atoms with Crippen LogP contribution in [0.5, 0.6) is 11.5 Å². The summed E-state index contributed by atoms with van der Waals surface area (Å²) in [5, 5.41) is 0. The highest BCUT2D eigenvalue weighted by Crippen LogP contribution is 2.29. The predicted molar refractivity (Wildman–Crippen MR) is 78.5 cm³/mol. The SMILES string of the molecule is CCOc1cc(C)ccc1OC(=O)c1ccccc1C. The lowest BCUT2D eigenvalue weighted by molar-refractivity contribution is 0.0727. The predicted octanol–water partition coefficient (Wildman–Crippen LogP) is 3.92. The zero-order valence-corrected chi connectivity index (χ0v) is 12.0. The first kappa shape index (κ1) is 14.1. The van der Waals surface area contributed by atoms with Crippen molar-refractivity contribution < 1.29 is 14.3 Å². The summed E-state index contributed by atoms with van der Waals surface area (Å²) in [7, 11) is 0. The number of carbonyl (C=O) groups is 1. The Hall–Kier alpha value is -2.29. The fourth-order valence-electron chi connectivity index (χ4n) is 1.92. The molecule has 0 aliphatic heterocycles. The summed E-state index contributed by atoms with van der Waals surface area (Å²) in [6, 6.07) is 12.9. The largest absolute Gasteiger partial charge is 0.490 e. The van der Waals surface area contributed by atoms with Gasteiger partial charge in [-0.2, -0.15) is 0 Å². The fraction of sp³-hybridized carbons (Fsp3) is 0.235. The number of hydrogen-bond donors (Lipinski definition) is 0. The Kier molecular flexibility index (Phi) is 4.41. The third-order valence-corrected chi connectivity index (χ3v) is 2.97. The van der Waals surface area contributed by atoms with Gasteiger partial charge in [0.1, 0.15) is 0 Å². The highest BCUT2D eigenvalue weighted by molar-refractivity contribution is 5.92. The minimum atomic E-state index is -0.368. The molecule has 104 valence electrons. The van der Waals surface area contributed by atoms with Crippen molar-refractivity contribution >= 4 is 5.97 Å². The van der Waals surface area contributed by atoms with Crippen molar-refractivity contribution in [3.05, 3.63) is 59.2 Å². The van der Waals surface area contributed by atoms with Gasteiger partial charge >= 0.3 is 5.97 Å². The van der Waals surface area contributed by atoms with Crippen LogP contribution in [0, 0.1) is 13.8 Å². The van der Waals surface area contributed by atoms with E-state index < -0.39 is 0 Å². The maximum Gasteiger partial charge on any atom is 0.343 e. The topological polar surface area (TPSA) is 35.5 Å². The second kappa shape index (κ2) is 6.24. The number of aryl methyl sites for hydroxylation is 2. The minimum Gasteiger partial charge on any atom is -0.490 e. The molecule has 0 saturated carbocycles. The van der Waals surface area contributed by atoms with E-state index in [1.165, 1.54) is 0 Å². The van der Waals surface area contributed by atoms with E-state index in [-0.39, 0.29) is 5.97 Å². The third kappa shape index (κ3) is 3.18. The van der Waals surface area contributed by atoms with Gasteiger partial charge in [0, 0.05) is 0 Å². The Morgan fingerprint density at radius 3 is 2.50 bits per heavy atom. The third-order valence-electron chi connectivity index (χ3n) is 2.97. The fourth-order valence-corrected chi connectivity index (χ4v) is 1.92. The van der Waals surface area contributed by atoms with Gasteiger partial charge in [-0.1, -0.05) is 24.3 Å². The monoisotopic (exact) mass is 270 g/mol. The lowest BCUT2D eigenvalue weighted by Crippen LogP contribution is -2.11. The van der Waals surface area contributed by atoms with E-state index in [9.17, 15) is 4.79 Å². The van der Waals surface area contributed by atoms with Crippen LogP contribution in [0.25, 0.3) is 0 Å². The average molecular weight is 270 g/mol. The molecule has 0 aliphatic rings. The van der Waals surface area contributed by atoms with Crippen LogP contribution in [-0.2, 0) is 0 Å². The standard InChI is InChI=1S/C17H18O3/c1-4-19-16-11-12(2)9-10-15(16)20-17(18)14-8-6-5-7-13(14)3/h5-11H,4H2,1-3H3. The van der Waals surface area contributed by atoms with Crippen LogP contribution < -0.4 is 9.47 Å². The zero-order chi connectivity index (χ0) is 14.5. The molecule has 3 heteroatoms. The Balaban J connectivity index is 2.26. The van der Waals surface area contributed by atoms with E-state index in [2.05, 4.69) is 0 Å². The molecule has 0 atom stereocenters. The summed E-state index contributed by atoms with van der Waals surface area (Å²) >= 11 is 0. The quantitative estimate of drug-likeness (QED) is 0.624.